The minimum Gasteiger partial charge on any atom is -0.483 e. The Morgan fingerprint density at radius 1 is 1.00 bits per heavy atom. The molecule has 0 aliphatic carbocycles. The van der Waals surface area contributed by atoms with Crippen LogP contribution in [-0.4, -0.2) is 31.5 Å². The van der Waals surface area contributed by atoms with Crippen molar-refractivity contribution in [3.8, 4) is 23.0 Å². The maximum atomic E-state index is 12.4. The number of ether oxygens (including phenoxy) is 4. The molecule has 0 atom stereocenters. The molecule has 0 unspecified atom stereocenters. The Morgan fingerprint density at radius 3 is 2.58 bits per heavy atom. The van der Waals surface area contributed by atoms with E-state index in [0.29, 0.717) is 34.1 Å². The molecule has 0 spiro atoms. The Bertz CT molecular complexity index is 1200. The minimum absolute atomic E-state index is 0.128. The number of amides is 1. The van der Waals surface area contributed by atoms with Crippen LogP contribution in [0.15, 0.2) is 65.8 Å². The second-order valence-electron chi connectivity index (χ2n) is 7.33. The lowest BCUT2D eigenvalue weighted by atomic mass is 10.1. The van der Waals surface area contributed by atoms with Crippen molar-refractivity contribution >= 4 is 18.1 Å². The van der Waals surface area contributed by atoms with Crippen LogP contribution in [0.25, 0.3) is 0 Å². The first-order valence-electron chi connectivity index (χ1n) is 10.2. The second-order valence-corrected chi connectivity index (χ2v) is 7.33. The van der Waals surface area contributed by atoms with Crippen molar-refractivity contribution in [2.24, 2.45) is 5.10 Å². The molecule has 33 heavy (non-hydrogen) atoms. The average molecular weight is 446 g/mol. The first kappa shape index (κ1) is 21.9. The Kier molecular flexibility index (Phi) is 6.54. The molecular formula is C25H22N2O6. The predicted molar refractivity (Wildman–Crippen MR) is 121 cm³/mol. The summed E-state index contributed by atoms with van der Waals surface area (Å²) in [6.07, 6.45) is 1.45. The summed E-state index contributed by atoms with van der Waals surface area (Å²) in [6, 6.07) is 17.4. The summed E-state index contributed by atoms with van der Waals surface area (Å²) >= 11 is 0. The molecule has 1 aliphatic heterocycles. The largest absolute Gasteiger partial charge is 0.483 e. The van der Waals surface area contributed by atoms with E-state index in [1.165, 1.54) is 6.21 Å². The van der Waals surface area contributed by atoms with E-state index in [0.717, 1.165) is 11.1 Å². The minimum atomic E-state index is -0.528. The second kappa shape index (κ2) is 9.86. The Labute approximate surface area is 190 Å². The summed E-state index contributed by atoms with van der Waals surface area (Å²) in [7, 11) is 0. The van der Waals surface area contributed by atoms with Gasteiger partial charge in [0.25, 0.3) is 5.91 Å². The van der Waals surface area contributed by atoms with Crippen LogP contribution < -0.4 is 24.4 Å². The summed E-state index contributed by atoms with van der Waals surface area (Å²) in [5.74, 6) is 1.20. The number of benzene rings is 3. The van der Waals surface area contributed by atoms with Gasteiger partial charge in [-0.1, -0.05) is 30.3 Å². The lowest BCUT2D eigenvalue weighted by Gasteiger charge is -2.10. The highest BCUT2D eigenvalue weighted by atomic mass is 16.7. The highest BCUT2D eigenvalue weighted by molar-refractivity contribution is 5.92. The number of esters is 1. The summed E-state index contributed by atoms with van der Waals surface area (Å²) in [5, 5.41) is 3.94. The maximum Gasteiger partial charge on any atom is 0.343 e. The average Bonchev–Trinajstić information content (AvgIpc) is 3.27. The van der Waals surface area contributed by atoms with E-state index < -0.39 is 5.97 Å². The van der Waals surface area contributed by atoms with Gasteiger partial charge in [0.05, 0.1) is 11.8 Å². The van der Waals surface area contributed by atoms with Crippen molar-refractivity contribution in [1.29, 1.82) is 0 Å². The van der Waals surface area contributed by atoms with Crippen molar-refractivity contribution < 1.29 is 28.5 Å². The van der Waals surface area contributed by atoms with Crippen molar-refractivity contribution in [3.05, 3.63) is 82.9 Å². The van der Waals surface area contributed by atoms with Gasteiger partial charge in [-0.25, -0.2) is 10.2 Å². The van der Waals surface area contributed by atoms with Gasteiger partial charge in [-0.3, -0.25) is 4.79 Å². The third-order valence-corrected chi connectivity index (χ3v) is 4.84. The smallest absolute Gasteiger partial charge is 0.343 e. The van der Waals surface area contributed by atoms with Gasteiger partial charge >= 0.3 is 5.97 Å². The lowest BCUT2D eigenvalue weighted by Crippen LogP contribution is -2.25. The molecule has 1 aliphatic rings. The van der Waals surface area contributed by atoms with E-state index >= 15 is 0 Å². The van der Waals surface area contributed by atoms with E-state index in [1.807, 2.05) is 32.0 Å². The molecule has 3 aromatic carbocycles. The van der Waals surface area contributed by atoms with Crippen molar-refractivity contribution in [1.82, 2.24) is 5.43 Å². The summed E-state index contributed by atoms with van der Waals surface area (Å²) in [6.45, 7) is 3.81. The number of para-hydroxylation sites is 1. The molecule has 0 saturated heterocycles. The van der Waals surface area contributed by atoms with Crippen LogP contribution in [0.5, 0.6) is 23.0 Å². The monoisotopic (exact) mass is 446 g/mol. The molecule has 1 heterocycles. The van der Waals surface area contributed by atoms with E-state index in [2.05, 4.69) is 10.5 Å². The van der Waals surface area contributed by atoms with Crippen LogP contribution in [0.3, 0.4) is 0 Å². The fraction of sp³-hybridized carbons (Fsp3) is 0.160. The Balaban J connectivity index is 1.31. The fourth-order valence-corrected chi connectivity index (χ4v) is 3.22. The Morgan fingerprint density at radius 2 is 1.76 bits per heavy atom. The molecule has 1 N–H and O–H groups in total. The normalized spacial score (nSPS) is 11.9. The molecule has 0 bridgehead atoms. The first-order valence-corrected chi connectivity index (χ1v) is 10.2. The third-order valence-electron chi connectivity index (χ3n) is 4.84. The number of rotatable bonds is 7. The zero-order valence-corrected chi connectivity index (χ0v) is 18.2. The molecule has 0 saturated carbocycles. The topological polar surface area (TPSA) is 95.5 Å². The zero-order chi connectivity index (χ0) is 23.2. The number of carbonyl (C=O) groups is 2. The summed E-state index contributed by atoms with van der Waals surface area (Å²) < 4.78 is 21.6. The number of hydrazone groups is 1. The first-order chi connectivity index (χ1) is 16.0. The number of nitrogens with one attached hydrogen (secondary N) is 1. The van der Waals surface area contributed by atoms with Crippen LogP contribution in [0, 0.1) is 13.8 Å². The summed E-state index contributed by atoms with van der Waals surface area (Å²) in [5.41, 5.74) is 5.32. The molecule has 0 aromatic heterocycles. The SMILES string of the molecule is Cc1cccc(C)c1OCC(=O)N/N=C/c1cccc(OC(=O)c2ccc3c(c2)OCO3)c1. The van der Waals surface area contributed by atoms with Gasteiger partial charge < -0.3 is 18.9 Å². The van der Waals surface area contributed by atoms with Crippen LogP contribution in [0.2, 0.25) is 0 Å². The number of nitrogens with zero attached hydrogens (tertiary/aromatic N) is 1. The quantitative estimate of drug-likeness (QED) is 0.257. The molecule has 0 radical (unpaired) electrons. The molecular weight excluding hydrogens is 424 g/mol. The molecule has 8 nitrogen and oxygen atoms in total. The van der Waals surface area contributed by atoms with Crippen molar-refractivity contribution in [3.63, 3.8) is 0 Å². The van der Waals surface area contributed by atoms with E-state index in [1.54, 1.807) is 42.5 Å². The van der Waals surface area contributed by atoms with E-state index in [4.69, 9.17) is 18.9 Å². The fourth-order valence-electron chi connectivity index (χ4n) is 3.22. The maximum absolute atomic E-state index is 12.4. The molecule has 0 fully saturated rings. The molecule has 168 valence electrons. The third kappa shape index (κ3) is 5.48. The van der Waals surface area contributed by atoms with E-state index in [-0.39, 0.29) is 19.3 Å². The van der Waals surface area contributed by atoms with Gasteiger partial charge in [0.2, 0.25) is 6.79 Å². The number of hydrogen-bond donors (Lipinski definition) is 1. The number of aryl methyl sites for hydroxylation is 2. The van der Waals surface area contributed by atoms with Gasteiger partial charge in [0.1, 0.15) is 11.5 Å². The van der Waals surface area contributed by atoms with Crippen molar-refractivity contribution in [2.45, 2.75) is 13.8 Å². The van der Waals surface area contributed by atoms with Crippen LogP contribution in [0.4, 0.5) is 0 Å². The number of fused-ring (bicyclic) bond motifs is 1. The molecule has 1 amide bonds. The Hall–Kier alpha value is -4.33. The molecule has 8 heteroatoms. The van der Waals surface area contributed by atoms with Gasteiger partial charge in [-0.05, 0) is 60.9 Å². The van der Waals surface area contributed by atoms with Gasteiger partial charge in [-0.2, -0.15) is 5.10 Å². The highest BCUT2D eigenvalue weighted by Gasteiger charge is 2.17. The zero-order valence-electron chi connectivity index (χ0n) is 18.2. The van der Waals surface area contributed by atoms with Gasteiger partial charge in [0.15, 0.2) is 18.1 Å². The predicted octanol–water partition coefficient (Wildman–Crippen LogP) is 3.78. The van der Waals surface area contributed by atoms with Crippen LogP contribution in [0.1, 0.15) is 27.0 Å². The van der Waals surface area contributed by atoms with Crippen LogP contribution in [-0.2, 0) is 4.79 Å². The molecule has 4 rings (SSSR count). The molecule has 3 aromatic rings. The van der Waals surface area contributed by atoms with Gasteiger partial charge in [-0.15, -0.1) is 0 Å². The van der Waals surface area contributed by atoms with E-state index in [9.17, 15) is 9.59 Å². The van der Waals surface area contributed by atoms with Crippen LogP contribution >= 0.6 is 0 Å². The summed E-state index contributed by atoms with van der Waals surface area (Å²) in [4.78, 5) is 24.5. The lowest BCUT2D eigenvalue weighted by molar-refractivity contribution is -0.123. The van der Waals surface area contributed by atoms with Gasteiger partial charge in [0, 0.05) is 0 Å². The van der Waals surface area contributed by atoms with Crippen molar-refractivity contribution in [2.75, 3.05) is 13.4 Å². The standard InChI is InChI=1S/C25H22N2O6/c1-16-5-3-6-17(2)24(16)30-14-23(28)27-26-13-18-7-4-8-20(11-18)33-25(29)19-9-10-21-22(12-19)32-15-31-21/h3-13H,14-15H2,1-2H3,(H,27,28)/b26-13+. The highest BCUT2D eigenvalue weighted by Crippen LogP contribution is 2.32. The number of hydrogen-bond acceptors (Lipinski definition) is 7. The number of carbonyl (C=O) groups excluding carboxylic acids is 2.